The predicted octanol–water partition coefficient (Wildman–Crippen LogP) is 3.48. The van der Waals surface area contributed by atoms with Crippen LogP contribution in [-0.4, -0.2) is 42.4 Å². The van der Waals surface area contributed by atoms with Crippen LogP contribution in [0.1, 0.15) is 38.7 Å². The summed E-state index contributed by atoms with van der Waals surface area (Å²) in [6.45, 7) is 6.25. The molecule has 1 aliphatic rings. The number of aliphatic hydroxyl groups excluding tert-OH is 1. The van der Waals surface area contributed by atoms with Gasteiger partial charge in [0.05, 0.1) is 24.8 Å². The van der Waals surface area contributed by atoms with Crippen LogP contribution in [0.2, 0.25) is 5.02 Å². The van der Waals surface area contributed by atoms with Gasteiger partial charge in [0.15, 0.2) is 11.5 Å². The van der Waals surface area contributed by atoms with Crippen LogP contribution in [0.5, 0.6) is 11.5 Å². The lowest BCUT2D eigenvalue weighted by Crippen LogP contribution is -2.31. The summed E-state index contributed by atoms with van der Waals surface area (Å²) in [6, 6.07) is 4.39. The Kier molecular flexibility index (Phi) is 6.36. The molecule has 2 atom stereocenters. The number of benzene rings is 1. The number of ether oxygens (including phenoxy) is 2. The van der Waals surface area contributed by atoms with E-state index in [1.807, 2.05) is 26.0 Å². The Morgan fingerprint density at radius 3 is 2.86 bits per heavy atom. The second kappa shape index (κ2) is 8.04. The molecule has 1 aromatic carbocycles. The molecule has 1 saturated heterocycles. The molecule has 2 unspecified atom stereocenters. The molecular weight excluding hydrogens is 302 g/mol. The van der Waals surface area contributed by atoms with Gasteiger partial charge in [0.25, 0.3) is 0 Å². The molecule has 1 N–H and O–H groups in total. The minimum atomic E-state index is -0.260. The molecule has 1 heterocycles. The Bertz CT molecular complexity index is 493. The van der Waals surface area contributed by atoms with Crippen LogP contribution in [0.4, 0.5) is 0 Å². The lowest BCUT2D eigenvalue weighted by molar-refractivity contribution is 0.130. The first-order chi connectivity index (χ1) is 10.5. The number of nitrogens with zero attached hydrogens (tertiary/aromatic N) is 1. The summed E-state index contributed by atoms with van der Waals surface area (Å²) in [7, 11) is 1.60. The summed E-state index contributed by atoms with van der Waals surface area (Å²) >= 11 is 6.31. The van der Waals surface area contributed by atoms with E-state index in [0.29, 0.717) is 29.2 Å². The number of halogens is 1. The van der Waals surface area contributed by atoms with Crippen molar-refractivity contribution >= 4 is 11.6 Å². The van der Waals surface area contributed by atoms with Crippen molar-refractivity contribution in [2.75, 3.05) is 20.3 Å². The molecule has 0 radical (unpaired) electrons. The van der Waals surface area contributed by atoms with Gasteiger partial charge in [-0.3, -0.25) is 4.90 Å². The molecule has 2 rings (SSSR count). The molecule has 0 aliphatic carbocycles. The molecule has 0 bridgehead atoms. The van der Waals surface area contributed by atoms with Crippen LogP contribution in [-0.2, 0) is 6.54 Å². The number of rotatable bonds is 7. The van der Waals surface area contributed by atoms with Gasteiger partial charge in [-0.15, -0.1) is 0 Å². The van der Waals surface area contributed by atoms with E-state index in [9.17, 15) is 5.11 Å². The lowest BCUT2D eigenvalue weighted by atomic mass is 10.1. The maximum Gasteiger partial charge on any atom is 0.179 e. The van der Waals surface area contributed by atoms with Crippen LogP contribution < -0.4 is 9.47 Å². The highest BCUT2D eigenvalue weighted by Gasteiger charge is 2.26. The lowest BCUT2D eigenvalue weighted by Gasteiger charge is -2.26. The maximum atomic E-state index is 9.64. The Labute approximate surface area is 138 Å². The van der Waals surface area contributed by atoms with Gasteiger partial charge in [-0.1, -0.05) is 11.6 Å². The monoisotopic (exact) mass is 327 g/mol. The SMILES string of the molecule is CCOc1cc(CN2CCCC2CC(C)O)cc(Cl)c1OC. The van der Waals surface area contributed by atoms with Crippen molar-refractivity contribution in [3.63, 3.8) is 0 Å². The minimum Gasteiger partial charge on any atom is -0.491 e. The first-order valence-corrected chi connectivity index (χ1v) is 8.34. The van der Waals surface area contributed by atoms with Crippen molar-refractivity contribution in [1.82, 2.24) is 4.90 Å². The maximum absolute atomic E-state index is 9.64. The van der Waals surface area contributed by atoms with Gasteiger partial charge >= 0.3 is 0 Å². The van der Waals surface area contributed by atoms with Crippen LogP contribution in [0.25, 0.3) is 0 Å². The zero-order chi connectivity index (χ0) is 16.1. The van der Waals surface area contributed by atoms with Crippen molar-refractivity contribution in [2.45, 2.75) is 51.8 Å². The fraction of sp³-hybridized carbons (Fsp3) is 0.647. The molecular formula is C17H26ClNO3. The molecule has 1 aliphatic heterocycles. The Balaban J connectivity index is 2.15. The van der Waals surface area contributed by atoms with Crippen molar-refractivity contribution in [3.05, 3.63) is 22.7 Å². The summed E-state index contributed by atoms with van der Waals surface area (Å²) in [6.07, 6.45) is 2.89. The Morgan fingerprint density at radius 2 is 2.23 bits per heavy atom. The Morgan fingerprint density at radius 1 is 1.45 bits per heavy atom. The van der Waals surface area contributed by atoms with Gasteiger partial charge < -0.3 is 14.6 Å². The van der Waals surface area contributed by atoms with Gasteiger partial charge in [0.1, 0.15) is 0 Å². The van der Waals surface area contributed by atoms with E-state index < -0.39 is 0 Å². The quantitative estimate of drug-likeness (QED) is 0.832. The van der Waals surface area contributed by atoms with E-state index in [1.54, 1.807) is 7.11 Å². The number of hydrogen-bond donors (Lipinski definition) is 1. The van der Waals surface area contributed by atoms with Gasteiger partial charge in [0, 0.05) is 12.6 Å². The molecule has 4 nitrogen and oxygen atoms in total. The standard InChI is InChI=1S/C17H26ClNO3/c1-4-22-16-10-13(9-15(18)17(16)21-3)11-19-7-5-6-14(19)8-12(2)20/h9-10,12,14,20H,4-8,11H2,1-3H3. The first kappa shape index (κ1) is 17.4. The van der Waals surface area contributed by atoms with Crippen molar-refractivity contribution < 1.29 is 14.6 Å². The molecule has 1 fully saturated rings. The average molecular weight is 328 g/mol. The zero-order valence-electron chi connectivity index (χ0n) is 13.6. The molecule has 22 heavy (non-hydrogen) atoms. The molecule has 0 amide bonds. The molecule has 0 spiro atoms. The number of aliphatic hydroxyl groups is 1. The number of hydrogen-bond acceptors (Lipinski definition) is 4. The average Bonchev–Trinajstić information content (AvgIpc) is 2.85. The van der Waals surface area contributed by atoms with E-state index in [0.717, 1.165) is 31.5 Å². The largest absolute Gasteiger partial charge is 0.491 e. The normalized spacial score (nSPS) is 20.1. The van der Waals surface area contributed by atoms with Gasteiger partial charge in [-0.25, -0.2) is 0 Å². The highest BCUT2D eigenvalue weighted by atomic mass is 35.5. The molecule has 1 aromatic rings. The molecule has 5 heteroatoms. The summed E-state index contributed by atoms with van der Waals surface area (Å²) in [5.74, 6) is 1.29. The van der Waals surface area contributed by atoms with Crippen LogP contribution in [0, 0.1) is 0 Å². The highest BCUT2D eigenvalue weighted by Crippen LogP contribution is 2.37. The fourth-order valence-electron chi connectivity index (χ4n) is 3.17. The van der Waals surface area contributed by atoms with Crippen molar-refractivity contribution in [2.24, 2.45) is 0 Å². The second-order valence-electron chi connectivity index (χ2n) is 5.89. The number of methoxy groups -OCH3 is 1. The van der Waals surface area contributed by atoms with Gasteiger partial charge in [-0.05, 0) is 57.4 Å². The van der Waals surface area contributed by atoms with Gasteiger partial charge in [0.2, 0.25) is 0 Å². The number of likely N-dealkylation sites (tertiary alicyclic amines) is 1. The van der Waals surface area contributed by atoms with E-state index >= 15 is 0 Å². The summed E-state index contributed by atoms with van der Waals surface area (Å²) in [4.78, 5) is 2.42. The molecule has 0 saturated carbocycles. The first-order valence-electron chi connectivity index (χ1n) is 7.96. The predicted molar refractivity (Wildman–Crippen MR) is 88.9 cm³/mol. The van der Waals surface area contributed by atoms with Crippen molar-refractivity contribution in [3.8, 4) is 11.5 Å². The topological polar surface area (TPSA) is 41.9 Å². The van der Waals surface area contributed by atoms with Crippen LogP contribution in [0.15, 0.2) is 12.1 Å². The zero-order valence-corrected chi connectivity index (χ0v) is 14.4. The smallest absolute Gasteiger partial charge is 0.179 e. The van der Waals surface area contributed by atoms with Crippen LogP contribution in [0.3, 0.4) is 0 Å². The third-order valence-corrected chi connectivity index (χ3v) is 4.35. The Hall–Kier alpha value is -0.970. The molecule has 124 valence electrons. The van der Waals surface area contributed by atoms with E-state index in [-0.39, 0.29) is 6.10 Å². The summed E-state index contributed by atoms with van der Waals surface area (Å²) < 4.78 is 11.0. The van der Waals surface area contributed by atoms with E-state index in [1.165, 1.54) is 6.42 Å². The van der Waals surface area contributed by atoms with E-state index in [4.69, 9.17) is 21.1 Å². The van der Waals surface area contributed by atoms with Gasteiger partial charge in [-0.2, -0.15) is 0 Å². The third-order valence-electron chi connectivity index (χ3n) is 4.07. The molecule has 0 aromatic heterocycles. The van der Waals surface area contributed by atoms with Crippen LogP contribution >= 0.6 is 11.6 Å². The van der Waals surface area contributed by atoms with Crippen molar-refractivity contribution in [1.29, 1.82) is 0 Å². The minimum absolute atomic E-state index is 0.260. The third kappa shape index (κ3) is 4.28. The highest BCUT2D eigenvalue weighted by molar-refractivity contribution is 6.32. The van der Waals surface area contributed by atoms with E-state index in [2.05, 4.69) is 4.90 Å². The fourth-order valence-corrected chi connectivity index (χ4v) is 3.48. The summed E-state index contributed by atoms with van der Waals surface area (Å²) in [5.41, 5.74) is 1.12. The summed E-state index contributed by atoms with van der Waals surface area (Å²) in [5, 5.41) is 10.2. The second-order valence-corrected chi connectivity index (χ2v) is 6.30.